The number of hydrogen-bond donors (Lipinski definition) is 1. The minimum atomic E-state index is -0.436. The molecule has 16 heavy (non-hydrogen) atoms. The average molecular weight is 288 g/mol. The van der Waals surface area contributed by atoms with Crippen LogP contribution in [0.1, 0.15) is 12.5 Å². The molecule has 1 aromatic carbocycles. The predicted octanol–water partition coefficient (Wildman–Crippen LogP) is 2.19. The van der Waals surface area contributed by atoms with Crippen molar-refractivity contribution in [1.82, 2.24) is 0 Å². The molecular formula is C10H10BrNO4. The largest absolute Gasteiger partial charge is 0.493 e. The van der Waals surface area contributed by atoms with E-state index in [1.807, 2.05) is 0 Å². The number of carbonyl (C=O) groups excluding carboxylic acids is 1. The maximum Gasteiger partial charge on any atom is 0.308 e. The Morgan fingerprint density at radius 3 is 2.69 bits per heavy atom. The van der Waals surface area contributed by atoms with Crippen LogP contribution in [0.3, 0.4) is 0 Å². The van der Waals surface area contributed by atoms with E-state index in [2.05, 4.69) is 21.1 Å². The van der Waals surface area contributed by atoms with Crippen molar-refractivity contribution in [2.24, 2.45) is 5.16 Å². The highest BCUT2D eigenvalue weighted by Crippen LogP contribution is 2.32. The van der Waals surface area contributed by atoms with E-state index in [4.69, 9.17) is 14.7 Å². The van der Waals surface area contributed by atoms with Gasteiger partial charge in [-0.05, 0) is 28.1 Å². The Hall–Kier alpha value is -1.56. The van der Waals surface area contributed by atoms with Gasteiger partial charge in [0, 0.05) is 17.0 Å². The molecule has 0 heterocycles. The molecule has 1 N–H and O–H groups in total. The number of esters is 1. The van der Waals surface area contributed by atoms with Crippen molar-refractivity contribution < 1.29 is 19.5 Å². The summed E-state index contributed by atoms with van der Waals surface area (Å²) in [5.74, 6) is 0.249. The van der Waals surface area contributed by atoms with Crippen LogP contribution in [0.2, 0.25) is 0 Å². The Labute approximate surface area is 101 Å². The first-order valence-electron chi connectivity index (χ1n) is 4.32. The van der Waals surface area contributed by atoms with Crippen LogP contribution in [-0.4, -0.2) is 24.5 Å². The van der Waals surface area contributed by atoms with E-state index < -0.39 is 5.97 Å². The number of oxime groups is 1. The molecule has 0 atom stereocenters. The Balaban J connectivity index is 3.20. The summed E-state index contributed by atoms with van der Waals surface area (Å²) < 4.78 is 10.6. The van der Waals surface area contributed by atoms with Gasteiger partial charge in [0.25, 0.3) is 0 Å². The molecule has 0 amide bonds. The fraction of sp³-hybridized carbons (Fsp3) is 0.200. The second-order valence-corrected chi connectivity index (χ2v) is 3.72. The molecule has 0 bridgehead atoms. The van der Waals surface area contributed by atoms with Crippen molar-refractivity contribution in [2.75, 3.05) is 7.11 Å². The van der Waals surface area contributed by atoms with Crippen molar-refractivity contribution in [3.8, 4) is 11.5 Å². The maximum atomic E-state index is 10.8. The van der Waals surface area contributed by atoms with Crippen LogP contribution in [0.5, 0.6) is 11.5 Å². The van der Waals surface area contributed by atoms with Crippen LogP contribution in [0.25, 0.3) is 0 Å². The standard InChI is InChI=1S/C10H10BrNO4/c1-6(13)16-10-4-8(11)7(5-12-14)3-9(10)15-2/h3-5,14H,1-2H3/b12-5+. The average Bonchev–Trinajstić information content (AvgIpc) is 2.21. The third-order valence-electron chi connectivity index (χ3n) is 1.73. The van der Waals surface area contributed by atoms with Crippen molar-refractivity contribution >= 4 is 28.1 Å². The van der Waals surface area contributed by atoms with E-state index >= 15 is 0 Å². The summed E-state index contributed by atoms with van der Waals surface area (Å²) in [4.78, 5) is 10.8. The van der Waals surface area contributed by atoms with Gasteiger partial charge in [0.1, 0.15) is 0 Å². The number of halogens is 1. The Morgan fingerprint density at radius 1 is 1.50 bits per heavy atom. The van der Waals surface area contributed by atoms with Gasteiger partial charge in [-0.2, -0.15) is 0 Å². The third kappa shape index (κ3) is 2.96. The Bertz CT molecular complexity index is 431. The number of benzene rings is 1. The highest BCUT2D eigenvalue weighted by molar-refractivity contribution is 9.10. The summed E-state index contributed by atoms with van der Waals surface area (Å²) in [5, 5.41) is 11.4. The molecule has 5 nitrogen and oxygen atoms in total. The molecule has 6 heteroatoms. The molecule has 0 aliphatic carbocycles. The number of methoxy groups -OCH3 is 1. The highest BCUT2D eigenvalue weighted by atomic mass is 79.9. The minimum Gasteiger partial charge on any atom is -0.493 e. The summed E-state index contributed by atoms with van der Waals surface area (Å²) in [6.07, 6.45) is 1.24. The summed E-state index contributed by atoms with van der Waals surface area (Å²) in [5.41, 5.74) is 0.607. The smallest absolute Gasteiger partial charge is 0.308 e. The van der Waals surface area contributed by atoms with E-state index in [0.717, 1.165) is 0 Å². The van der Waals surface area contributed by atoms with Gasteiger partial charge in [-0.1, -0.05) is 5.16 Å². The van der Waals surface area contributed by atoms with Gasteiger partial charge in [0.15, 0.2) is 11.5 Å². The fourth-order valence-corrected chi connectivity index (χ4v) is 1.53. The molecule has 0 radical (unpaired) electrons. The van der Waals surface area contributed by atoms with Gasteiger partial charge in [-0.25, -0.2) is 0 Å². The molecule has 1 aromatic rings. The van der Waals surface area contributed by atoms with Crippen molar-refractivity contribution in [3.05, 3.63) is 22.2 Å². The van der Waals surface area contributed by atoms with Crippen molar-refractivity contribution in [1.29, 1.82) is 0 Å². The van der Waals surface area contributed by atoms with Gasteiger partial charge in [0.2, 0.25) is 0 Å². The van der Waals surface area contributed by atoms with Crippen LogP contribution >= 0.6 is 15.9 Å². The second kappa shape index (κ2) is 5.50. The molecule has 1 rings (SSSR count). The Morgan fingerprint density at radius 2 is 2.19 bits per heavy atom. The summed E-state index contributed by atoms with van der Waals surface area (Å²) >= 11 is 3.25. The monoisotopic (exact) mass is 287 g/mol. The molecule has 0 fully saturated rings. The van der Waals surface area contributed by atoms with Gasteiger partial charge < -0.3 is 14.7 Å². The summed E-state index contributed by atoms with van der Waals surface area (Å²) in [6, 6.07) is 3.15. The molecule has 0 saturated carbocycles. The number of nitrogens with zero attached hydrogens (tertiary/aromatic N) is 1. The first kappa shape index (κ1) is 12.5. The van der Waals surface area contributed by atoms with Gasteiger partial charge in [0.05, 0.1) is 13.3 Å². The first-order chi connectivity index (χ1) is 7.58. The predicted molar refractivity (Wildman–Crippen MR) is 61.4 cm³/mol. The highest BCUT2D eigenvalue weighted by Gasteiger charge is 2.11. The van der Waals surface area contributed by atoms with E-state index in [1.54, 1.807) is 12.1 Å². The molecular weight excluding hydrogens is 278 g/mol. The van der Waals surface area contributed by atoms with Crippen molar-refractivity contribution in [3.63, 3.8) is 0 Å². The van der Waals surface area contributed by atoms with Crippen LogP contribution in [0.4, 0.5) is 0 Å². The van der Waals surface area contributed by atoms with Gasteiger partial charge >= 0.3 is 5.97 Å². The number of carbonyl (C=O) groups is 1. The van der Waals surface area contributed by atoms with Gasteiger partial charge in [-0.15, -0.1) is 0 Å². The molecule has 0 unspecified atom stereocenters. The zero-order valence-electron chi connectivity index (χ0n) is 8.73. The SMILES string of the molecule is COc1cc(/C=N/O)c(Br)cc1OC(C)=O. The molecule has 0 spiro atoms. The van der Waals surface area contributed by atoms with Crippen LogP contribution < -0.4 is 9.47 Å². The normalized spacial score (nSPS) is 10.4. The number of rotatable bonds is 3. The summed E-state index contributed by atoms with van der Waals surface area (Å²) in [7, 11) is 1.45. The number of hydrogen-bond acceptors (Lipinski definition) is 5. The van der Waals surface area contributed by atoms with Crippen molar-refractivity contribution in [2.45, 2.75) is 6.92 Å². The molecule has 0 aliphatic heterocycles. The van der Waals surface area contributed by atoms with E-state index in [0.29, 0.717) is 21.5 Å². The van der Waals surface area contributed by atoms with E-state index in [9.17, 15) is 4.79 Å². The molecule has 86 valence electrons. The lowest BCUT2D eigenvalue weighted by Gasteiger charge is -2.09. The van der Waals surface area contributed by atoms with E-state index in [-0.39, 0.29) is 0 Å². The minimum absolute atomic E-state index is 0.303. The lowest BCUT2D eigenvalue weighted by molar-refractivity contribution is -0.132. The molecule has 0 saturated heterocycles. The first-order valence-corrected chi connectivity index (χ1v) is 5.11. The quantitative estimate of drug-likeness (QED) is 0.304. The van der Waals surface area contributed by atoms with Crippen LogP contribution in [0.15, 0.2) is 21.8 Å². The van der Waals surface area contributed by atoms with Crippen LogP contribution in [0, 0.1) is 0 Å². The zero-order valence-corrected chi connectivity index (χ0v) is 10.3. The van der Waals surface area contributed by atoms with Crippen LogP contribution in [-0.2, 0) is 4.79 Å². The summed E-state index contributed by atoms with van der Waals surface area (Å²) in [6.45, 7) is 1.30. The van der Waals surface area contributed by atoms with Gasteiger partial charge in [-0.3, -0.25) is 4.79 Å². The number of ether oxygens (including phenoxy) is 2. The zero-order chi connectivity index (χ0) is 12.1. The third-order valence-corrected chi connectivity index (χ3v) is 2.42. The maximum absolute atomic E-state index is 10.8. The topological polar surface area (TPSA) is 68.1 Å². The Kier molecular flexibility index (Phi) is 4.30. The lowest BCUT2D eigenvalue weighted by Crippen LogP contribution is -2.03. The lowest BCUT2D eigenvalue weighted by atomic mass is 10.2. The second-order valence-electron chi connectivity index (χ2n) is 2.86. The molecule has 0 aromatic heterocycles. The molecule has 0 aliphatic rings. The fourth-order valence-electron chi connectivity index (χ4n) is 1.11. The van der Waals surface area contributed by atoms with E-state index in [1.165, 1.54) is 20.2 Å².